The third-order valence-electron chi connectivity index (χ3n) is 4.91. The van der Waals surface area contributed by atoms with Crippen molar-refractivity contribution in [3.8, 4) is 0 Å². The fraction of sp³-hybridized carbons (Fsp3) is 0.292. The van der Waals surface area contributed by atoms with Gasteiger partial charge in [-0.2, -0.15) is 0 Å². The first kappa shape index (κ1) is 23.5. The summed E-state index contributed by atoms with van der Waals surface area (Å²) in [6.45, 7) is 6.82. The number of amides is 2. The maximum absolute atomic E-state index is 13.1. The van der Waals surface area contributed by atoms with Crippen molar-refractivity contribution in [3.05, 3.63) is 75.7 Å². The number of halogens is 1. The smallest absolute Gasteiger partial charge is 0.266 e. The molecule has 0 N–H and O–H groups in total. The molecule has 1 saturated heterocycles. The van der Waals surface area contributed by atoms with Crippen molar-refractivity contribution in [1.82, 2.24) is 9.80 Å². The zero-order valence-corrected chi connectivity index (χ0v) is 20.2. The normalized spacial score (nSPS) is 15.6. The number of thioether (sulfide) groups is 1. The molecule has 1 fully saturated rings. The predicted octanol–water partition coefficient (Wildman–Crippen LogP) is 5.76. The van der Waals surface area contributed by atoms with Gasteiger partial charge in [-0.05, 0) is 44.0 Å². The molecule has 7 heteroatoms. The molecule has 31 heavy (non-hydrogen) atoms. The maximum Gasteiger partial charge on any atom is 0.266 e. The summed E-state index contributed by atoms with van der Waals surface area (Å²) in [7, 11) is 0. The summed E-state index contributed by atoms with van der Waals surface area (Å²) in [5, 5.41) is 0.574. The summed E-state index contributed by atoms with van der Waals surface area (Å²) in [4.78, 5) is 29.8. The van der Waals surface area contributed by atoms with Gasteiger partial charge >= 0.3 is 0 Å². The second-order valence-corrected chi connectivity index (χ2v) is 10.3. The van der Waals surface area contributed by atoms with Crippen LogP contribution in [0.3, 0.4) is 0 Å². The second-order valence-electron chi connectivity index (χ2n) is 8.24. The van der Waals surface area contributed by atoms with Gasteiger partial charge in [0.25, 0.3) is 5.91 Å². The van der Waals surface area contributed by atoms with E-state index in [9.17, 15) is 9.59 Å². The SMILES string of the molecule is CC(C)(C)N(Cc1ccccc1)C(=O)CCN1C(=O)C(=Cc2ccccc2Cl)SC1=S. The third kappa shape index (κ3) is 5.97. The fourth-order valence-corrected chi connectivity index (χ4v) is 4.72. The average Bonchev–Trinajstić information content (AvgIpc) is 2.98. The van der Waals surface area contributed by atoms with E-state index in [0.29, 0.717) is 20.8 Å². The topological polar surface area (TPSA) is 40.6 Å². The van der Waals surface area contributed by atoms with E-state index in [2.05, 4.69) is 0 Å². The quantitative estimate of drug-likeness (QED) is 0.396. The lowest BCUT2D eigenvalue weighted by Gasteiger charge is -2.36. The van der Waals surface area contributed by atoms with E-state index >= 15 is 0 Å². The van der Waals surface area contributed by atoms with E-state index in [1.807, 2.05) is 74.2 Å². The van der Waals surface area contributed by atoms with E-state index in [0.717, 1.165) is 11.1 Å². The van der Waals surface area contributed by atoms with Crippen molar-refractivity contribution in [3.63, 3.8) is 0 Å². The summed E-state index contributed by atoms with van der Waals surface area (Å²) >= 11 is 12.9. The van der Waals surface area contributed by atoms with Gasteiger partial charge in [-0.1, -0.05) is 84.1 Å². The highest BCUT2D eigenvalue weighted by atomic mass is 35.5. The van der Waals surface area contributed by atoms with E-state index in [4.69, 9.17) is 23.8 Å². The highest BCUT2D eigenvalue weighted by Gasteiger charge is 2.33. The number of hydrogen-bond donors (Lipinski definition) is 0. The van der Waals surface area contributed by atoms with Gasteiger partial charge in [-0.15, -0.1) is 0 Å². The number of rotatable bonds is 6. The fourth-order valence-electron chi connectivity index (χ4n) is 3.23. The van der Waals surface area contributed by atoms with E-state index in [1.54, 1.807) is 12.1 Å². The summed E-state index contributed by atoms with van der Waals surface area (Å²) < 4.78 is 0.460. The molecule has 0 unspecified atom stereocenters. The molecule has 1 aliphatic heterocycles. The maximum atomic E-state index is 13.1. The molecular weight excluding hydrogens is 448 g/mol. The molecule has 4 nitrogen and oxygen atoms in total. The first-order chi connectivity index (χ1) is 14.7. The number of nitrogens with zero attached hydrogens (tertiary/aromatic N) is 2. The van der Waals surface area contributed by atoms with Gasteiger partial charge in [0, 0.05) is 30.1 Å². The van der Waals surface area contributed by atoms with E-state index in [-0.39, 0.29) is 30.3 Å². The molecule has 0 atom stereocenters. The second kappa shape index (κ2) is 9.98. The molecule has 2 amide bonds. The summed E-state index contributed by atoms with van der Waals surface area (Å²) in [5.74, 6) is -0.200. The zero-order chi connectivity index (χ0) is 22.6. The Labute approximate surface area is 198 Å². The minimum atomic E-state index is -0.341. The van der Waals surface area contributed by atoms with Gasteiger partial charge in [0.15, 0.2) is 0 Å². The molecule has 0 spiro atoms. The van der Waals surface area contributed by atoms with Crippen molar-refractivity contribution < 1.29 is 9.59 Å². The van der Waals surface area contributed by atoms with Gasteiger partial charge in [0.1, 0.15) is 4.32 Å². The van der Waals surface area contributed by atoms with Crippen LogP contribution in [0.25, 0.3) is 6.08 Å². The first-order valence-corrected chi connectivity index (χ1v) is 11.6. The number of benzene rings is 2. The number of hydrogen-bond acceptors (Lipinski definition) is 4. The summed E-state index contributed by atoms with van der Waals surface area (Å²) in [6.07, 6.45) is 1.95. The number of carbonyl (C=O) groups is 2. The molecule has 0 bridgehead atoms. The van der Waals surface area contributed by atoms with Gasteiger partial charge in [-0.3, -0.25) is 14.5 Å². The Balaban J connectivity index is 1.69. The molecule has 162 valence electrons. The van der Waals surface area contributed by atoms with Crippen LogP contribution in [0.15, 0.2) is 59.5 Å². The first-order valence-electron chi connectivity index (χ1n) is 10.0. The van der Waals surface area contributed by atoms with Gasteiger partial charge in [0.2, 0.25) is 5.91 Å². The number of thiocarbonyl (C=S) groups is 1. The van der Waals surface area contributed by atoms with Crippen molar-refractivity contribution in [2.24, 2.45) is 0 Å². The van der Waals surface area contributed by atoms with Crippen LogP contribution in [-0.4, -0.2) is 38.0 Å². The molecule has 0 saturated carbocycles. The monoisotopic (exact) mass is 472 g/mol. The molecule has 3 rings (SSSR count). The van der Waals surface area contributed by atoms with Gasteiger partial charge in [0.05, 0.1) is 4.91 Å². The molecule has 0 aromatic heterocycles. The van der Waals surface area contributed by atoms with Crippen molar-refractivity contribution in [1.29, 1.82) is 0 Å². The highest BCUT2D eigenvalue weighted by Crippen LogP contribution is 2.34. The molecular formula is C24H25ClN2O2S2. The minimum Gasteiger partial charge on any atom is -0.333 e. The predicted molar refractivity (Wildman–Crippen MR) is 133 cm³/mol. The zero-order valence-electron chi connectivity index (χ0n) is 17.8. The van der Waals surface area contributed by atoms with Crippen molar-refractivity contribution in [2.75, 3.05) is 6.54 Å². The lowest BCUT2D eigenvalue weighted by atomic mass is 10.0. The molecule has 1 heterocycles. The highest BCUT2D eigenvalue weighted by molar-refractivity contribution is 8.26. The number of carbonyl (C=O) groups excluding carboxylic acids is 2. The Bertz CT molecular complexity index is 1020. The minimum absolute atomic E-state index is 0.0134. The molecule has 0 aliphatic carbocycles. The van der Waals surface area contributed by atoms with Crippen LogP contribution in [0, 0.1) is 0 Å². The van der Waals surface area contributed by atoms with Crippen LogP contribution in [0.5, 0.6) is 0 Å². The Kier molecular flexibility index (Phi) is 7.57. The van der Waals surface area contributed by atoms with E-state index in [1.165, 1.54) is 16.7 Å². The lowest BCUT2D eigenvalue weighted by molar-refractivity contribution is -0.137. The third-order valence-corrected chi connectivity index (χ3v) is 6.63. The standard InChI is InChI=1S/C24H25ClN2O2S2/c1-24(2,3)27(16-17-9-5-4-6-10-17)21(28)13-14-26-22(29)20(31-23(26)30)15-18-11-7-8-12-19(18)25/h4-12,15H,13-14,16H2,1-3H3. The Morgan fingerprint density at radius 3 is 2.42 bits per heavy atom. The van der Waals surface area contributed by atoms with Crippen LogP contribution in [-0.2, 0) is 16.1 Å². The van der Waals surface area contributed by atoms with E-state index < -0.39 is 0 Å². The van der Waals surface area contributed by atoms with Crippen LogP contribution >= 0.6 is 35.6 Å². The summed E-state index contributed by atoms with van der Waals surface area (Å²) in [6, 6.07) is 17.2. The Morgan fingerprint density at radius 1 is 1.13 bits per heavy atom. The average molecular weight is 473 g/mol. The molecule has 0 radical (unpaired) electrons. The molecule has 2 aromatic rings. The molecule has 1 aliphatic rings. The Hall–Kier alpha value is -2.15. The van der Waals surface area contributed by atoms with Crippen LogP contribution in [0.1, 0.15) is 38.3 Å². The Morgan fingerprint density at radius 2 is 1.77 bits per heavy atom. The van der Waals surface area contributed by atoms with Crippen LogP contribution in [0.4, 0.5) is 0 Å². The van der Waals surface area contributed by atoms with Gasteiger partial charge in [-0.25, -0.2) is 0 Å². The van der Waals surface area contributed by atoms with Crippen molar-refractivity contribution >= 4 is 57.8 Å². The van der Waals surface area contributed by atoms with Crippen molar-refractivity contribution in [2.45, 2.75) is 39.3 Å². The largest absolute Gasteiger partial charge is 0.333 e. The summed E-state index contributed by atoms with van der Waals surface area (Å²) in [5.41, 5.74) is 1.49. The van der Waals surface area contributed by atoms with Gasteiger partial charge < -0.3 is 4.90 Å². The van der Waals surface area contributed by atoms with Crippen LogP contribution < -0.4 is 0 Å². The van der Waals surface area contributed by atoms with Crippen LogP contribution in [0.2, 0.25) is 5.02 Å². The molecule has 2 aromatic carbocycles. The lowest BCUT2D eigenvalue weighted by Crippen LogP contribution is -2.46.